The minimum atomic E-state index is -0.570. The fraction of sp³-hybridized carbons (Fsp3) is 0.800. The van der Waals surface area contributed by atoms with Gasteiger partial charge in [0.25, 0.3) is 0 Å². The van der Waals surface area contributed by atoms with Gasteiger partial charge < -0.3 is 5.11 Å². The van der Waals surface area contributed by atoms with Crippen LogP contribution in [0.1, 0.15) is 58.3 Å². The number of aryl methyl sites for hydroxylation is 1. The molecular formula is C15H26ClN3O. The van der Waals surface area contributed by atoms with Crippen molar-refractivity contribution in [2.24, 2.45) is 0 Å². The van der Waals surface area contributed by atoms with E-state index in [4.69, 9.17) is 11.6 Å². The summed E-state index contributed by atoms with van der Waals surface area (Å²) in [6.07, 6.45) is 5.48. The fourth-order valence-electron chi connectivity index (χ4n) is 3.75. The molecule has 0 saturated heterocycles. The lowest BCUT2D eigenvalue weighted by Crippen LogP contribution is -2.51. The largest absolute Gasteiger partial charge is 0.385 e. The number of halogens is 1. The summed E-state index contributed by atoms with van der Waals surface area (Å²) in [5.74, 6) is 0. The van der Waals surface area contributed by atoms with Gasteiger partial charge >= 0.3 is 0 Å². The van der Waals surface area contributed by atoms with Crippen LogP contribution in [-0.4, -0.2) is 38.4 Å². The van der Waals surface area contributed by atoms with E-state index in [0.29, 0.717) is 5.02 Å². The molecule has 114 valence electrons. The predicted octanol–water partition coefficient (Wildman–Crippen LogP) is 3.24. The van der Waals surface area contributed by atoms with Crippen molar-refractivity contribution >= 4 is 11.6 Å². The molecule has 1 aromatic rings. The van der Waals surface area contributed by atoms with E-state index in [-0.39, 0.29) is 5.54 Å². The zero-order valence-electron chi connectivity index (χ0n) is 12.8. The maximum Gasteiger partial charge on any atom is 0.115 e. The van der Waals surface area contributed by atoms with Crippen LogP contribution in [0.3, 0.4) is 0 Å². The van der Waals surface area contributed by atoms with Crippen LogP contribution in [0.4, 0.5) is 0 Å². The first-order valence-corrected chi connectivity index (χ1v) is 8.12. The van der Waals surface area contributed by atoms with E-state index in [9.17, 15) is 5.11 Å². The molecule has 1 aromatic heterocycles. The van der Waals surface area contributed by atoms with Crippen LogP contribution in [0.2, 0.25) is 5.02 Å². The fourth-order valence-corrected chi connectivity index (χ4v) is 4.00. The minimum absolute atomic E-state index is 0.180. The highest BCUT2D eigenvalue weighted by Gasteiger charge is 2.46. The van der Waals surface area contributed by atoms with Gasteiger partial charge in [0.15, 0.2) is 0 Å². The Kier molecular flexibility index (Phi) is 5.10. The van der Waals surface area contributed by atoms with Crippen molar-refractivity contribution in [1.82, 2.24) is 14.7 Å². The molecular weight excluding hydrogens is 274 g/mol. The topological polar surface area (TPSA) is 41.3 Å². The number of aromatic nitrogens is 2. The molecule has 4 nitrogen and oxygen atoms in total. The van der Waals surface area contributed by atoms with Crippen LogP contribution in [-0.2, 0) is 6.54 Å². The quantitative estimate of drug-likeness (QED) is 0.877. The van der Waals surface area contributed by atoms with Gasteiger partial charge in [0.05, 0.1) is 22.5 Å². The monoisotopic (exact) mass is 299 g/mol. The Morgan fingerprint density at radius 3 is 2.45 bits per heavy atom. The molecule has 1 heterocycles. The Labute approximate surface area is 126 Å². The maximum absolute atomic E-state index is 11.1. The Hall–Kier alpha value is -0.580. The zero-order valence-corrected chi connectivity index (χ0v) is 13.5. The molecule has 0 bridgehead atoms. The Morgan fingerprint density at radius 2 is 1.95 bits per heavy atom. The van der Waals surface area contributed by atoms with Gasteiger partial charge in [-0.2, -0.15) is 5.10 Å². The third-order valence-corrected chi connectivity index (χ3v) is 5.05. The lowest BCUT2D eigenvalue weighted by molar-refractivity contribution is -0.0311. The van der Waals surface area contributed by atoms with Gasteiger partial charge in [-0.3, -0.25) is 9.58 Å². The van der Waals surface area contributed by atoms with E-state index in [2.05, 4.69) is 23.8 Å². The van der Waals surface area contributed by atoms with Gasteiger partial charge in [-0.25, -0.2) is 0 Å². The molecule has 0 amide bonds. The standard InChI is InChI=1S/C15H26ClN3O/c1-4-18(5-2)15(9-7-8-10-15)14(20)13-12(16)11-17-19(13)6-3/h11,14,20H,4-10H2,1-3H3. The normalized spacial score (nSPS) is 19.7. The molecule has 1 saturated carbocycles. The second-order valence-corrected chi connectivity index (χ2v) is 5.99. The summed E-state index contributed by atoms with van der Waals surface area (Å²) in [4.78, 5) is 2.40. The van der Waals surface area contributed by atoms with Crippen molar-refractivity contribution in [1.29, 1.82) is 0 Å². The smallest absolute Gasteiger partial charge is 0.115 e. The lowest BCUT2D eigenvalue weighted by Gasteiger charge is -2.44. The van der Waals surface area contributed by atoms with E-state index in [0.717, 1.165) is 38.2 Å². The SMILES string of the molecule is CCN(CC)C1(C(O)c2c(Cl)cnn2CC)CCCC1. The number of hydrogen-bond donors (Lipinski definition) is 1. The third-order valence-electron chi connectivity index (χ3n) is 4.76. The summed E-state index contributed by atoms with van der Waals surface area (Å²) in [6.45, 7) is 8.98. The van der Waals surface area contributed by atoms with Crippen LogP contribution in [0.5, 0.6) is 0 Å². The van der Waals surface area contributed by atoms with Crippen molar-refractivity contribution in [3.05, 3.63) is 16.9 Å². The summed E-state index contributed by atoms with van der Waals surface area (Å²) in [7, 11) is 0. The molecule has 1 fully saturated rings. The highest BCUT2D eigenvalue weighted by Crippen LogP contribution is 2.45. The van der Waals surface area contributed by atoms with Gasteiger partial charge in [-0.05, 0) is 32.9 Å². The van der Waals surface area contributed by atoms with Crippen molar-refractivity contribution in [3.8, 4) is 0 Å². The Morgan fingerprint density at radius 1 is 1.35 bits per heavy atom. The number of likely N-dealkylation sites (N-methyl/N-ethyl adjacent to an activating group) is 1. The Bertz CT molecular complexity index is 436. The Balaban J connectivity index is 2.41. The molecule has 1 N–H and O–H groups in total. The van der Waals surface area contributed by atoms with Crippen LogP contribution < -0.4 is 0 Å². The van der Waals surface area contributed by atoms with Gasteiger partial charge in [-0.15, -0.1) is 0 Å². The summed E-state index contributed by atoms with van der Waals surface area (Å²) in [5.41, 5.74) is 0.600. The number of hydrogen-bond acceptors (Lipinski definition) is 3. The molecule has 0 aliphatic heterocycles. The summed E-state index contributed by atoms with van der Waals surface area (Å²) >= 11 is 6.29. The van der Waals surface area contributed by atoms with Gasteiger partial charge in [-0.1, -0.05) is 38.3 Å². The van der Waals surface area contributed by atoms with Crippen LogP contribution >= 0.6 is 11.6 Å². The van der Waals surface area contributed by atoms with Crippen molar-refractivity contribution in [2.75, 3.05) is 13.1 Å². The maximum atomic E-state index is 11.1. The minimum Gasteiger partial charge on any atom is -0.385 e. The van der Waals surface area contributed by atoms with Crippen molar-refractivity contribution < 1.29 is 5.11 Å². The number of nitrogens with zero attached hydrogens (tertiary/aromatic N) is 3. The summed E-state index contributed by atoms with van der Waals surface area (Å²) in [6, 6.07) is 0. The van der Waals surface area contributed by atoms with E-state index >= 15 is 0 Å². The van der Waals surface area contributed by atoms with Crippen LogP contribution in [0.25, 0.3) is 0 Å². The summed E-state index contributed by atoms with van der Waals surface area (Å²) < 4.78 is 1.83. The van der Waals surface area contributed by atoms with E-state index in [1.54, 1.807) is 6.20 Å². The van der Waals surface area contributed by atoms with Crippen molar-refractivity contribution in [3.63, 3.8) is 0 Å². The first-order valence-electron chi connectivity index (χ1n) is 7.75. The molecule has 1 aliphatic carbocycles. The molecule has 0 aromatic carbocycles. The van der Waals surface area contributed by atoms with Crippen molar-refractivity contribution in [2.45, 2.75) is 64.6 Å². The average molecular weight is 300 g/mol. The van der Waals surface area contributed by atoms with Crippen LogP contribution in [0, 0.1) is 0 Å². The number of rotatable bonds is 6. The average Bonchev–Trinajstić information content (AvgIpc) is 3.07. The lowest BCUT2D eigenvalue weighted by atomic mass is 9.86. The highest BCUT2D eigenvalue weighted by molar-refractivity contribution is 6.31. The van der Waals surface area contributed by atoms with E-state index in [1.165, 1.54) is 12.8 Å². The number of aliphatic hydroxyl groups is 1. The molecule has 20 heavy (non-hydrogen) atoms. The van der Waals surface area contributed by atoms with E-state index in [1.807, 2.05) is 11.6 Å². The molecule has 2 rings (SSSR count). The second kappa shape index (κ2) is 6.46. The molecule has 1 atom stereocenters. The highest BCUT2D eigenvalue weighted by atomic mass is 35.5. The molecule has 0 spiro atoms. The second-order valence-electron chi connectivity index (χ2n) is 5.58. The van der Waals surface area contributed by atoms with Gasteiger partial charge in [0.2, 0.25) is 0 Å². The first-order chi connectivity index (χ1) is 9.60. The first kappa shape index (κ1) is 15.8. The van der Waals surface area contributed by atoms with Crippen LogP contribution in [0.15, 0.2) is 6.20 Å². The molecule has 1 unspecified atom stereocenters. The zero-order chi connectivity index (χ0) is 14.8. The molecule has 1 aliphatic rings. The third kappa shape index (κ3) is 2.49. The van der Waals surface area contributed by atoms with Gasteiger partial charge in [0, 0.05) is 6.54 Å². The molecule has 5 heteroatoms. The number of aliphatic hydroxyl groups excluding tert-OH is 1. The molecule has 0 radical (unpaired) electrons. The predicted molar refractivity (Wildman–Crippen MR) is 82.0 cm³/mol. The van der Waals surface area contributed by atoms with E-state index < -0.39 is 6.10 Å². The van der Waals surface area contributed by atoms with Gasteiger partial charge in [0.1, 0.15) is 6.10 Å². The summed E-state index contributed by atoms with van der Waals surface area (Å²) in [5, 5.41) is 16.0.